The molecule has 3 aliphatic rings. The summed E-state index contributed by atoms with van der Waals surface area (Å²) in [5.41, 5.74) is 0. The molecular weight excluding hydrogens is 330 g/mol. The first kappa shape index (κ1) is 19.5. The standard InChI is InChI=1S/C17H29N3O3.ClH/c21-16(12-14-4-2-1-3-5-14)19-7-9-20(10-8-19)17(22)15-13-18-6-11-23-15;/h14-15,18H,1-13H2;1H. The molecule has 2 heterocycles. The predicted molar refractivity (Wildman–Crippen MR) is 94.2 cm³/mol. The third kappa shape index (κ3) is 5.07. The molecule has 2 amide bonds. The predicted octanol–water partition coefficient (Wildman–Crippen LogP) is 1.04. The van der Waals surface area contributed by atoms with Crippen molar-refractivity contribution in [3.8, 4) is 0 Å². The molecule has 138 valence electrons. The van der Waals surface area contributed by atoms with Gasteiger partial charge in [0.25, 0.3) is 5.91 Å². The number of piperazine rings is 1. The summed E-state index contributed by atoms with van der Waals surface area (Å²) in [4.78, 5) is 28.6. The Balaban J connectivity index is 0.00000208. The van der Waals surface area contributed by atoms with Gasteiger partial charge in [-0.05, 0) is 18.8 Å². The third-order valence-corrected chi connectivity index (χ3v) is 5.34. The maximum absolute atomic E-state index is 12.4. The van der Waals surface area contributed by atoms with Crippen LogP contribution in [0.5, 0.6) is 0 Å². The second kappa shape index (κ2) is 9.59. The molecule has 1 aliphatic carbocycles. The minimum Gasteiger partial charge on any atom is -0.366 e. The van der Waals surface area contributed by atoms with Crippen molar-refractivity contribution in [1.82, 2.24) is 15.1 Å². The Bertz CT molecular complexity index is 415. The molecule has 1 N–H and O–H groups in total. The molecule has 7 heteroatoms. The number of hydrogen-bond acceptors (Lipinski definition) is 4. The number of amides is 2. The topological polar surface area (TPSA) is 61.9 Å². The van der Waals surface area contributed by atoms with Crippen molar-refractivity contribution >= 4 is 24.2 Å². The molecule has 2 saturated heterocycles. The summed E-state index contributed by atoms with van der Waals surface area (Å²) in [7, 11) is 0. The van der Waals surface area contributed by atoms with Crippen LogP contribution in [0.2, 0.25) is 0 Å². The Hall–Kier alpha value is -0.850. The van der Waals surface area contributed by atoms with Crippen LogP contribution >= 0.6 is 12.4 Å². The van der Waals surface area contributed by atoms with Crippen LogP contribution < -0.4 is 5.32 Å². The number of nitrogens with one attached hydrogen (secondary N) is 1. The van der Waals surface area contributed by atoms with Gasteiger partial charge in [-0.15, -0.1) is 12.4 Å². The van der Waals surface area contributed by atoms with E-state index in [2.05, 4.69) is 5.32 Å². The summed E-state index contributed by atoms with van der Waals surface area (Å²) in [5, 5.41) is 3.19. The monoisotopic (exact) mass is 359 g/mol. The van der Waals surface area contributed by atoms with Crippen molar-refractivity contribution in [2.45, 2.75) is 44.6 Å². The zero-order valence-electron chi connectivity index (χ0n) is 14.4. The minimum absolute atomic E-state index is 0. The van der Waals surface area contributed by atoms with E-state index in [1.54, 1.807) is 0 Å². The van der Waals surface area contributed by atoms with Gasteiger partial charge in [0, 0.05) is 45.7 Å². The number of carbonyl (C=O) groups excluding carboxylic acids is 2. The molecule has 0 aromatic carbocycles. The van der Waals surface area contributed by atoms with Crippen LogP contribution in [0.1, 0.15) is 38.5 Å². The lowest BCUT2D eigenvalue weighted by atomic mass is 9.86. The lowest BCUT2D eigenvalue weighted by Crippen LogP contribution is -2.56. The fourth-order valence-corrected chi connectivity index (χ4v) is 3.87. The van der Waals surface area contributed by atoms with E-state index in [9.17, 15) is 9.59 Å². The number of hydrogen-bond donors (Lipinski definition) is 1. The molecule has 0 bridgehead atoms. The van der Waals surface area contributed by atoms with Gasteiger partial charge in [0.2, 0.25) is 5.91 Å². The van der Waals surface area contributed by atoms with Crippen LogP contribution in [0.25, 0.3) is 0 Å². The van der Waals surface area contributed by atoms with Crippen molar-refractivity contribution in [2.75, 3.05) is 45.9 Å². The number of rotatable bonds is 3. The highest BCUT2D eigenvalue weighted by Gasteiger charge is 2.31. The molecule has 0 aromatic heterocycles. The van der Waals surface area contributed by atoms with E-state index < -0.39 is 0 Å². The number of carbonyl (C=O) groups is 2. The first-order valence-electron chi connectivity index (χ1n) is 9.13. The normalized spacial score (nSPS) is 25.9. The molecule has 6 nitrogen and oxygen atoms in total. The summed E-state index contributed by atoms with van der Waals surface area (Å²) in [5.74, 6) is 0.925. The highest BCUT2D eigenvalue weighted by Crippen LogP contribution is 2.27. The first-order chi connectivity index (χ1) is 11.2. The van der Waals surface area contributed by atoms with Crippen LogP contribution in [-0.4, -0.2) is 73.6 Å². The summed E-state index contributed by atoms with van der Waals surface area (Å²) < 4.78 is 5.53. The molecule has 0 spiro atoms. The molecule has 1 saturated carbocycles. The van der Waals surface area contributed by atoms with Crippen molar-refractivity contribution in [2.24, 2.45) is 5.92 Å². The van der Waals surface area contributed by atoms with E-state index in [4.69, 9.17) is 4.74 Å². The van der Waals surface area contributed by atoms with Gasteiger partial charge in [0.15, 0.2) is 0 Å². The van der Waals surface area contributed by atoms with Crippen LogP contribution in [-0.2, 0) is 14.3 Å². The van der Waals surface area contributed by atoms with Crippen molar-refractivity contribution in [1.29, 1.82) is 0 Å². The summed E-state index contributed by atoms with van der Waals surface area (Å²) in [6.45, 7) is 4.60. The largest absolute Gasteiger partial charge is 0.366 e. The molecule has 1 atom stereocenters. The Morgan fingerprint density at radius 2 is 1.67 bits per heavy atom. The van der Waals surface area contributed by atoms with Gasteiger partial charge >= 0.3 is 0 Å². The first-order valence-corrected chi connectivity index (χ1v) is 9.13. The van der Waals surface area contributed by atoms with Gasteiger partial charge < -0.3 is 19.9 Å². The molecule has 3 fully saturated rings. The third-order valence-electron chi connectivity index (χ3n) is 5.34. The smallest absolute Gasteiger partial charge is 0.253 e. The van der Waals surface area contributed by atoms with E-state index in [-0.39, 0.29) is 30.3 Å². The molecule has 0 aromatic rings. The average Bonchev–Trinajstić information content (AvgIpc) is 2.63. The molecule has 2 aliphatic heterocycles. The Labute approximate surface area is 150 Å². The molecule has 1 unspecified atom stereocenters. The van der Waals surface area contributed by atoms with Crippen LogP contribution in [0.15, 0.2) is 0 Å². The SMILES string of the molecule is Cl.O=C(CC1CCCCC1)N1CCN(C(=O)C2CNCCO2)CC1. The Kier molecular flexibility index (Phi) is 7.78. The van der Waals surface area contributed by atoms with Crippen molar-refractivity contribution in [3.05, 3.63) is 0 Å². The minimum atomic E-state index is -0.353. The lowest BCUT2D eigenvalue weighted by molar-refractivity contribution is -0.149. The maximum Gasteiger partial charge on any atom is 0.253 e. The van der Waals surface area contributed by atoms with E-state index in [1.165, 1.54) is 32.1 Å². The van der Waals surface area contributed by atoms with E-state index in [0.29, 0.717) is 51.7 Å². The van der Waals surface area contributed by atoms with Gasteiger partial charge in [-0.2, -0.15) is 0 Å². The van der Waals surface area contributed by atoms with Gasteiger partial charge in [-0.25, -0.2) is 0 Å². The van der Waals surface area contributed by atoms with Gasteiger partial charge in [-0.3, -0.25) is 9.59 Å². The zero-order valence-corrected chi connectivity index (χ0v) is 15.2. The summed E-state index contributed by atoms with van der Waals surface area (Å²) in [6.07, 6.45) is 6.62. The molecular formula is C17H30ClN3O3. The van der Waals surface area contributed by atoms with Crippen molar-refractivity contribution in [3.63, 3.8) is 0 Å². The average molecular weight is 360 g/mol. The molecule has 3 rings (SSSR count). The molecule has 24 heavy (non-hydrogen) atoms. The number of halogens is 1. The van der Waals surface area contributed by atoms with E-state index in [1.807, 2.05) is 9.80 Å². The highest BCUT2D eigenvalue weighted by atomic mass is 35.5. The lowest BCUT2D eigenvalue weighted by Gasteiger charge is -2.37. The van der Waals surface area contributed by atoms with Gasteiger partial charge in [0.1, 0.15) is 6.10 Å². The zero-order chi connectivity index (χ0) is 16.1. The summed E-state index contributed by atoms with van der Waals surface area (Å²) in [6, 6.07) is 0. The van der Waals surface area contributed by atoms with E-state index in [0.717, 1.165) is 6.54 Å². The van der Waals surface area contributed by atoms with Crippen LogP contribution in [0, 0.1) is 5.92 Å². The quantitative estimate of drug-likeness (QED) is 0.817. The fourth-order valence-electron chi connectivity index (χ4n) is 3.87. The van der Waals surface area contributed by atoms with Gasteiger partial charge in [-0.1, -0.05) is 19.3 Å². The maximum atomic E-state index is 12.4. The second-order valence-corrected chi connectivity index (χ2v) is 6.98. The van der Waals surface area contributed by atoms with E-state index >= 15 is 0 Å². The fraction of sp³-hybridized carbons (Fsp3) is 0.882. The number of ether oxygens (including phenoxy) is 1. The van der Waals surface area contributed by atoms with Crippen LogP contribution in [0.3, 0.4) is 0 Å². The van der Waals surface area contributed by atoms with Crippen molar-refractivity contribution < 1.29 is 14.3 Å². The number of morpholine rings is 1. The van der Waals surface area contributed by atoms with Crippen LogP contribution in [0.4, 0.5) is 0 Å². The summed E-state index contributed by atoms with van der Waals surface area (Å²) >= 11 is 0. The molecule has 0 radical (unpaired) electrons. The Morgan fingerprint density at radius 1 is 1.00 bits per heavy atom. The second-order valence-electron chi connectivity index (χ2n) is 6.98. The van der Waals surface area contributed by atoms with Gasteiger partial charge in [0.05, 0.1) is 6.61 Å². The Morgan fingerprint density at radius 3 is 2.29 bits per heavy atom. The highest BCUT2D eigenvalue weighted by molar-refractivity contribution is 5.85. The number of nitrogens with zero attached hydrogens (tertiary/aromatic N) is 2.